The van der Waals surface area contributed by atoms with Gasteiger partial charge in [-0.15, -0.1) is 0 Å². The lowest BCUT2D eigenvalue weighted by atomic mass is 10.0. The molecule has 1 aliphatic rings. The zero-order valence-corrected chi connectivity index (χ0v) is 12.9. The summed E-state index contributed by atoms with van der Waals surface area (Å²) in [7, 11) is 0. The minimum absolute atomic E-state index is 0.137. The second kappa shape index (κ2) is 5.84. The highest BCUT2D eigenvalue weighted by Crippen LogP contribution is 2.24. The van der Waals surface area contributed by atoms with Crippen molar-refractivity contribution in [3.8, 4) is 11.1 Å². The molecule has 0 bridgehead atoms. The van der Waals surface area contributed by atoms with Gasteiger partial charge in [0.15, 0.2) is 0 Å². The van der Waals surface area contributed by atoms with E-state index in [2.05, 4.69) is 17.1 Å². The number of likely N-dealkylation sites (tertiary alicyclic amines) is 1. The Labute approximate surface area is 135 Å². The maximum Gasteiger partial charge on any atom is 0.253 e. The maximum atomic E-state index is 12.6. The summed E-state index contributed by atoms with van der Waals surface area (Å²) in [5.41, 5.74) is 3.83. The molecule has 1 fully saturated rings. The van der Waals surface area contributed by atoms with Crippen LogP contribution in [0, 0.1) is 0 Å². The van der Waals surface area contributed by atoms with Crippen molar-refractivity contribution < 1.29 is 4.79 Å². The Hall–Kier alpha value is -2.68. The predicted octanol–water partition coefficient (Wildman–Crippen LogP) is 4.14. The number of fused-ring (bicyclic) bond motifs is 1. The number of hydrogen-bond donors (Lipinski definition) is 0. The molecule has 1 amide bonds. The SMILES string of the molecule is O=C(c1cccc(-c2cnc3ccccc3c2)c1)N1CCCC1. The highest BCUT2D eigenvalue weighted by molar-refractivity contribution is 5.96. The lowest BCUT2D eigenvalue weighted by Gasteiger charge is -2.15. The molecule has 1 aromatic heterocycles. The summed E-state index contributed by atoms with van der Waals surface area (Å²) in [6, 6.07) is 18.1. The fraction of sp³-hybridized carbons (Fsp3) is 0.200. The first-order valence-electron chi connectivity index (χ1n) is 8.06. The standard InChI is InChI=1S/C20H18N2O/c23-20(22-10-3-4-11-22)17-8-5-7-15(12-17)18-13-16-6-1-2-9-19(16)21-14-18/h1-2,5-9,12-14H,3-4,10-11H2. The van der Waals surface area contributed by atoms with Crippen LogP contribution in [-0.4, -0.2) is 28.9 Å². The molecule has 3 nitrogen and oxygen atoms in total. The van der Waals surface area contributed by atoms with Crippen LogP contribution < -0.4 is 0 Å². The van der Waals surface area contributed by atoms with E-state index in [1.807, 2.05) is 53.6 Å². The molecule has 0 radical (unpaired) electrons. The van der Waals surface area contributed by atoms with Gasteiger partial charge in [-0.3, -0.25) is 9.78 Å². The summed E-state index contributed by atoms with van der Waals surface area (Å²) in [6.07, 6.45) is 4.10. The van der Waals surface area contributed by atoms with Crippen molar-refractivity contribution in [2.75, 3.05) is 13.1 Å². The predicted molar refractivity (Wildman–Crippen MR) is 92.3 cm³/mol. The van der Waals surface area contributed by atoms with E-state index < -0.39 is 0 Å². The van der Waals surface area contributed by atoms with Crippen LogP contribution in [0.25, 0.3) is 22.0 Å². The van der Waals surface area contributed by atoms with Gasteiger partial charge in [-0.1, -0.05) is 30.3 Å². The minimum Gasteiger partial charge on any atom is -0.339 e. The van der Waals surface area contributed by atoms with Crippen molar-refractivity contribution in [3.63, 3.8) is 0 Å². The molecule has 1 saturated heterocycles. The van der Waals surface area contributed by atoms with Gasteiger partial charge in [0.2, 0.25) is 0 Å². The third-order valence-electron chi connectivity index (χ3n) is 4.43. The molecule has 0 saturated carbocycles. The molecule has 23 heavy (non-hydrogen) atoms. The van der Waals surface area contributed by atoms with Crippen LogP contribution in [0.4, 0.5) is 0 Å². The third-order valence-corrected chi connectivity index (χ3v) is 4.43. The fourth-order valence-corrected chi connectivity index (χ4v) is 3.16. The van der Waals surface area contributed by atoms with Crippen LogP contribution in [0.15, 0.2) is 60.8 Å². The van der Waals surface area contributed by atoms with Crippen molar-refractivity contribution in [1.82, 2.24) is 9.88 Å². The molecule has 4 rings (SSSR count). The van der Waals surface area contributed by atoms with Crippen molar-refractivity contribution in [3.05, 3.63) is 66.4 Å². The topological polar surface area (TPSA) is 33.2 Å². The largest absolute Gasteiger partial charge is 0.339 e. The molecule has 0 aliphatic carbocycles. The van der Waals surface area contributed by atoms with E-state index in [0.717, 1.165) is 53.5 Å². The third kappa shape index (κ3) is 2.70. The Morgan fingerprint density at radius 1 is 0.913 bits per heavy atom. The molecular weight excluding hydrogens is 284 g/mol. The number of amides is 1. The monoisotopic (exact) mass is 302 g/mol. The molecule has 114 valence electrons. The summed E-state index contributed by atoms with van der Waals surface area (Å²) in [5.74, 6) is 0.137. The number of nitrogens with zero attached hydrogens (tertiary/aromatic N) is 2. The van der Waals surface area contributed by atoms with Crippen LogP contribution in [-0.2, 0) is 0 Å². The quantitative estimate of drug-likeness (QED) is 0.713. The van der Waals surface area contributed by atoms with Gasteiger partial charge < -0.3 is 4.90 Å². The molecule has 0 unspecified atom stereocenters. The number of pyridine rings is 1. The Bertz CT molecular complexity index is 866. The van der Waals surface area contributed by atoms with E-state index in [0.29, 0.717) is 0 Å². The van der Waals surface area contributed by atoms with Gasteiger partial charge in [-0.25, -0.2) is 0 Å². The van der Waals surface area contributed by atoms with Gasteiger partial charge in [-0.2, -0.15) is 0 Å². The van der Waals surface area contributed by atoms with Crippen LogP contribution in [0.5, 0.6) is 0 Å². The molecule has 2 aromatic carbocycles. The Morgan fingerprint density at radius 3 is 2.61 bits per heavy atom. The van der Waals surface area contributed by atoms with Crippen LogP contribution in [0.1, 0.15) is 23.2 Å². The number of carbonyl (C=O) groups is 1. The van der Waals surface area contributed by atoms with Crippen molar-refractivity contribution in [2.45, 2.75) is 12.8 Å². The molecule has 3 aromatic rings. The van der Waals surface area contributed by atoms with E-state index in [4.69, 9.17) is 0 Å². The van der Waals surface area contributed by atoms with Gasteiger partial charge >= 0.3 is 0 Å². The van der Waals surface area contributed by atoms with Gasteiger partial charge in [0.05, 0.1) is 5.52 Å². The van der Waals surface area contributed by atoms with Gasteiger partial charge in [0, 0.05) is 35.8 Å². The number of para-hydroxylation sites is 1. The fourth-order valence-electron chi connectivity index (χ4n) is 3.16. The van der Waals surface area contributed by atoms with E-state index in [1.165, 1.54) is 0 Å². The van der Waals surface area contributed by atoms with Gasteiger partial charge in [0.1, 0.15) is 0 Å². The second-order valence-corrected chi connectivity index (χ2v) is 6.00. The number of rotatable bonds is 2. The number of hydrogen-bond acceptors (Lipinski definition) is 2. The van der Waals surface area contributed by atoms with E-state index in [-0.39, 0.29) is 5.91 Å². The molecule has 0 spiro atoms. The van der Waals surface area contributed by atoms with E-state index in [1.54, 1.807) is 0 Å². The summed E-state index contributed by atoms with van der Waals surface area (Å²) < 4.78 is 0. The van der Waals surface area contributed by atoms with Crippen molar-refractivity contribution in [2.24, 2.45) is 0 Å². The molecule has 0 N–H and O–H groups in total. The van der Waals surface area contributed by atoms with Gasteiger partial charge in [-0.05, 0) is 42.7 Å². The number of carbonyl (C=O) groups excluding carboxylic acids is 1. The first kappa shape index (κ1) is 13.9. The molecule has 3 heteroatoms. The average Bonchev–Trinajstić information content (AvgIpc) is 3.15. The van der Waals surface area contributed by atoms with E-state index >= 15 is 0 Å². The Kier molecular flexibility index (Phi) is 3.54. The molecular formula is C20H18N2O. The highest BCUT2D eigenvalue weighted by atomic mass is 16.2. The summed E-state index contributed by atoms with van der Waals surface area (Å²) >= 11 is 0. The average molecular weight is 302 g/mol. The zero-order chi connectivity index (χ0) is 15.6. The maximum absolute atomic E-state index is 12.6. The molecule has 2 heterocycles. The first-order valence-corrected chi connectivity index (χ1v) is 8.06. The lowest BCUT2D eigenvalue weighted by molar-refractivity contribution is 0.0793. The van der Waals surface area contributed by atoms with Crippen LogP contribution in [0.2, 0.25) is 0 Å². The minimum atomic E-state index is 0.137. The van der Waals surface area contributed by atoms with Crippen LogP contribution >= 0.6 is 0 Å². The summed E-state index contributed by atoms with van der Waals surface area (Å²) in [4.78, 5) is 19.0. The van der Waals surface area contributed by atoms with E-state index in [9.17, 15) is 4.79 Å². The summed E-state index contributed by atoms with van der Waals surface area (Å²) in [6.45, 7) is 1.75. The Morgan fingerprint density at radius 2 is 1.74 bits per heavy atom. The van der Waals surface area contributed by atoms with Crippen molar-refractivity contribution in [1.29, 1.82) is 0 Å². The van der Waals surface area contributed by atoms with Crippen molar-refractivity contribution >= 4 is 16.8 Å². The Balaban J connectivity index is 1.70. The van der Waals surface area contributed by atoms with Crippen LogP contribution in [0.3, 0.4) is 0 Å². The zero-order valence-electron chi connectivity index (χ0n) is 12.9. The smallest absolute Gasteiger partial charge is 0.253 e. The number of benzene rings is 2. The highest BCUT2D eigenvalue weighted by Gasteiger charge is 2.19. The molecule has 0 atom stereocenters. The normalized spacial score (nSPS) is 14.3. The lowest BCUT2D eigenvalue weighted by Crippen LogP contribution is -2.27. The first-order chi connectivity index (χ1) is 11.3. The number of aromatic nitrogens is 1. The second-order valence-electron chi connectivity index (χ2n) is 6.00. The molecule has 1 aliphatic heterocycles. The van der Waals surface area contributed by atoms with Gasteiger partial charge in [0.25, 0.3) is 5.91 Å². The summed E-state index contributed by atoms with van der Waals surface area (Å²) in [5, 5.41) is 1.11.